The molecule has 0 aliphatic carbocycles. The first-order chi connectivity index (χ1) is 15.1. The zero-order chi connectivity index (χ0) is 22.1. The van der Waals surface area contributed by atoms with Gasteiger partial charge in [0, 0.05) is 37.3 Å². The molecule has 0 spiro atoms. The highest BCUT2D eigenvalue weighted by molar-refractivity contribution is 9.10. The minimum atomic E-state index is 0.772. The molecule has 3 aromatic rings. The van der Waals surface area contributed by atoms with Crippen LogP contribution in [0.4, 0.5) is 0 Å². The van der Waals surface area contributed by atoms with Gasteiger partial charge in [-0.25, -0.2) is 0 Å². The summed E-state index contributed by atoms with van der Waals surface area (Å²) in [5.41, 5.74) is 2.75. The Bertz CT molecular complexity index is 884. The molecule has 3 heteroatoms. The van der Waals surface area contributed by atoms with E-state index in [2.05, 4.69) is 86.7 Å². The number of benzene rings is 2. The number of hydrogen-bond acceptors (Lipinski definition) is 0. The monoisotopic (exact) mass is 547 g/mol. The van der Waals surface area contributed by atoms with Gasteiger partial charge in [0.25, 0.3) is 0 Å². The molecule has 0 fully saturated rings. The molecule has 0 N–H and O–H groups in total. The van der Waals surface area contributed by atoms with E-state index in [0.717, 1.165) is 21.4 Å². The second-order valence-electron chi connectivity index (χ2n) is 9.21. The zero-order valence-corrected chi connectivity index (χ0v) is 22.6. The maximum atomic E-state index is 3.68. The van der Waals surface area contributed by atoms with E-state index in [0.29, 0.717) is 0 Å². The lowest BCUT2D eigenvalue weighted by Crippen LogP contribution is -2.11. The van der Waals surface area contributed by atoms with Crippen LogP contribution in [-0.4, -0.2) is 4.57 Å². The molecule has 1 nitrogen and oxygen atoms in total. The number of nitrogens with zero attached hydrogens (tertiary/aromatic N) is 1. The van der Waals surface area contributed by atoms with Crippen LogP contribution in [0.5, 0.6) is 0 Å². The van der Waals surface area contributed by atoms with Crippen molar-refractivity contribution in [1.82, 2.24) is 4.57 Å². The molecular formula is C28H39Br2N. The molecular weight excluding hydrogens is 510 g/mol. The van der Waals surface area contributed by atoms with Crippen LogP contribution < -0.4 is 0 Å². The standard InChI is InChI=1S/C28H39Br2N/c1-3-5-7-9-10-12-14-22(13-11-8-6-4-2)21-31-27-17-15-23(29)19-25(27)26-20-24(30)16-18-28(26)31/h15-20,22H,3-14,21H2,1-2H3. The van der Waals surface area contributed by atoms with Crippen LogP contribution in [0.25, 0.3) is 21.8 Å². The van der Waals surface area contributed by atoms with Crippen molar-refractivity contribution >= 4 is 53.7 Å². The fraction of sp³-hybridized carbons (Fsp3) is 0.571. The topological polar surface area (TPSA) is 4.93 Å². The van der Waals surface area contributed by atoms with Crippen molar-refractivity contribution in [2.24, 2.45) is 5.92 Å². The Labute approximate surface area is 206 Å². The van der Waals surface area contributed by atoms with Crippen molar-refractivity contribution in [3.05, 3.63) is 45.3 Å². The average molecular weight is 549 g/mol. The summed E-state index contributed by atoms with van der Waals surface area (Å²) in [7, 11) is 0. The van der Waals surface area contributed by atoms with E-state index in [9.17, 15) is 0 Å². The molecule has 0 amide bonds. The Balaban J connectivity index is 1.79. The van der Waals surface area contributed by atoms with Gasteiger partial charge < -0.3 is 4.57 Å². The number of halogens is 2. The lowest BCUT2D eigenvalue weighted by atomic mass is 9.94. The first-order valence-corrected chi connectivity index (χ1v) is 14.1. The zero-order valence-electron chi connectivity index (χ0n) is 19.4. The fourth-order valence-corrected chi connectivity index (χ4v) is 5.63. The molecule has 1 aromatic heterocycles. The van der Waals surface area contributed by atoms with E-state index in [1.165, 1.54) is 98.9 Å². The lowest BCUT2D eigenvalue weighted by molar-refractivity contribution is 0.365. The predicted octanol–water partition coefficient (Wildman–Crippen LogP) is 10.7. The predicted molar refractivity (Wildman–Crippen MR) is 145 cm³/mol. The van der Waals surface area contributed by atoms with Crippen molar-refractivity contribution in [1.29, 1.82) is 0 Å². The largest absolute Gasteiger partial charge is 0.340 e. The van der Waals surface area contributed by atoms with Crippen LogP contribution in [0, 0.1) is 5.92 Å². The van der Waals surface area contributed by atoms with Crippen molar-refractivity contribution in [3.63, 3.8) is 0 Å². The maximum Gasteiger partial charge on any atom is 0.0492 e. The van der Waals surface area contributed by atoms with E-state index < -0.39 is 0 Å². The van der Waals surface area contributed by atoms with Gasteiger partial charge in [-0.1, -0.05) is 110 Å². The molecule has 1 heterocycles. The van der Waals surface area contributed by atoms with Gasteiger partial charge in [0.05, 0.1) is 0 Å². The van der Waals surface area contributed by atoms with Gasteiger partial charge in [0.2, 0.25) is 0 Å². The van der Waals surface area contributed by atoms with Crippen molar-refractivity contribution in [3.8, 4) is 0 Å². The Morgan fingerprint density at radius 3 is 1.61 bits per heavy atom. The molecule has 170 valence electrons. The third kappa shape index (κ3) is 7.09. The summed E-state index contributed by atoms with van der Waals surface area (Å²) in [4.78, 5) is 0. The smallest absolute Gasteiger partial charge is 0.0492 e. The Hall–Kier alpha value is -0.800. The summed E-state index contributed by atoms with van der Waals surface area (Å²) < 4.78 is 4.91. The number of hydrogen-bond donors (Lipinski definition) is 0. The van der Waals surface area contributed by atoms with Crippen LogP contribution in [0.1, 0.15) is 90.9 Å². The molecule has 0 aliphatic heterocycles. The summed E-state index contributed by atoms with van der Waals surface area (Å²) in [6.45, 7) is 5.75. The third-order valence-electron chi connectivity index (χ3n) is 6.66. The number of aromatic nitrogens is 1. The number of unbranched alkanes of at least 4 members (excludes halogenated alkanes) is 8. The van der Waals surface area contributed by atoms with Crippen molar-refractivity contribution in [2.45, 2.75) is 97.4 Å². The minimum absolute atomic E-state index is 0.772. The average Bonchev–Trinajstić information content (AvgIpc) is 3.05. The Morgan fingerprint density at radius 1 is 0.645 bits per heavy atom. The molecule has 0 saturated carbocycles. The van der Waals surface area contributed by atoms with E-state index in [4.69, 9.17) is 0 Å². The summed E-state index contributed by atoms with van der Waals surface area (Å²) >= 11 is 7.37. The van der Waals surface area contributed by atoms with Crippen LogP contribution in [-0.2, 0) is 6.54 Å². The molecule has 2 aromatic carbocycles. The van der Waals surface area contributed by atoms with E-state index in [-0.39, 0.29) is 0 Å². The Morgan fingerprint density at radius 2 is 1.10 bits per heavy atom. The highest BCUT2D eigenvalue weighted by Gasteiger charge is 2.16. The molecule has 0 saturated heterocycles. The normalized spacial score (nSPS) is 12.8. The molecule has 0 radical (unpaired) electrons. The fourth-order valence-electron chi connectivity index (χ4n) is 4.90. The van der Waals surface area contributed by atoms with E-state index in [1.807, 2.05) is 0 Å². The summed E-state index contributed by atoms with van der Waals surface area (Å²) in [5, 5.41) is 2.71. The molecule has 31 heavy (non-hydrogen) atoms. The van der Waals surface area contributed by atoms with E-state index in [1.54, 1.807) is 0 Å². The van der Waals surface area contributed by atoms with Crippen molar-refractivity contribution < 1.29 is 0 Å². The highest BCUT2D eigenvalue weighted by Crippen LogP contribution is 2.34. The van der Waals surface area contributed by atoms with Gasteiger partial charge in [-0.3, -0.25) is 0 Å². The SMILES string of the molecule is CCCCCCCCC(CCCCCC)Cn1c2ccc(Br)cc2c2cc(Br)ccc21. The van der Waals surface area contributed by atoms with Gasteiger partial charge in [-0.2, -0.15) is 0 Å². The summed E-state index contributed by atoms with van der Waals surface area (Å²) in [6.07, 6.45) is 16.5. The molecule has 0 aliphatic rings. The molecule has 1 unspecified atom stereocenters. The first-order valence-electron chi connectivity index (χ1n) is 12.5. The van der Waals surface area contributed by atoms with E-state index >= 15 is 0 Å². The third-order valence-corrected chi connectivity index (χ3v) is 7.65. The van der Waals surface area contributed by atoms with Crippen molar-refractivity contribution in [2.75, 3.05) is 0 Å². The van der Waals surface area contributed by atoms with Crippen LogP contribution in [0.15, 0.2) is 45.3 Å². The Kier molecular flexibility index (Phi) is 10.4. The molecule has 0 bridgehead atoms. The maximum absolute atomic E-state index is 3.68. The first kappa shape index (κ1) is 24.8. The van der Waals surface area contributed by atoms with Crippen LogP contribution in [0.2, 0.25) is 0 Å². The van der Waals surface area contributed by atoms with Gasteiger partial charge in [0.15, 0.2) is 0 Å². The lowest BCUT2D eigenvalue weighted by Gasteiger charge is -2.19. The molecule has 3 rings (SSSR count). The minimum Gasteiger partial charge on any atom is -0.340 e. The highest BCUT2D eigenvalue weighted by atomic mass is 79.9. The van der Waals surface area contributed by atoms with Gasteiger partial charge in [-0.15, -0.1) is 0 Å². The van der Waals surface area contributed by atoms with Gasteiger partial charge in [-0.05, 0) is 55.2 Å². The van der Waals surface area contributed by atoms with Crippen LogP contribution in [0.3, 0.4) is 0 Å². The van der Waals surface area contributed by atoms with Gasteiger partial charge >= 0.3 is 0 Å². The second kappa shape index (κ2) is 13.0. The second-order valence-corrected chi connectivity index (χ2v) is 11.0. The van der Waals surface area contributed by atoms with Crippen LogP contribution >= 0.6 is 31.9 Å². The number of rotatable bonds is 14. The molecule has 1 atom stereocenters. The number of fused-ring (bicyclic) bond motifs is 3. The summed E-state index contributed by atoms with van der Waals surface area (Å²) in [5.74, 6) is 0.772. The quantitative estimate of drug-likeness (QED) is 0.176. The van der Waals surface area contributed by atoms with Gasteiger partial charge in [0.1, 0.15) is 0 Å². The summed E-state index contributed by atoms with van der Waals surface area (Å²) in [6, 6.07) is 13.5.